The number of nitrogens with zero attached hydrogens (tertiary/aromatic N) is 1. The topological polar surface area (TPSA) is 62.2 Å². The van der Waals surface area contributed by atoms with Crippen LogP contribution in [-0.2, 0) is 0 Å². The molecule has 1 aromatic heterocycles. The van der Waals surface area contributed by atoms with Gasteiger partial charge in [0.05, 0.1) is 17.7 Å². The van der Waals surface area contributed by atoms with Crippen LogP contribution < -0.4 is 5.32 Å². The van der Waals surface area contributed by atoms with Crippen molar-refractivity contribution >= 4 is 16.8 Å². The zero-order chi connectivity index (χ0) is 12.6. The largest absolute Gasteiger partial charge is 0.394 e. The van der Waals surface area contributed by atoms with Crippen molar-refractivity contribution in [1.82, 2.24) is 10.3 Å². The van der Waals surface area contributed by atoms with Crippen molar-refractivity contribution in [1.29, 1.82) is 0 Å². The number of fused-ring (bicyclic) bond motifs is 1. The third kappa shape index (κ3) is 1.95. The number of aromatic nitrogens is 1. The van der Waals surface area contributed by atoms with Crippen LogP contribution in [0.15, 0.2) is 36.4 Å². The number of carbonyl (C=O) groups is 1. The van der Waals surface area contributed by atoms with E-state index in [9.17, 15) is 9.90 Å². The molecule has 4 heteroatoms. The first-order chi connectivity index (χ1) is 8.72. The number of hydrogen-bond donors (Lipinski definition) is 2. The van der Waals surface area contributed by atoms with Crippen LogP contribution in [0.2, 0.25) is 0 Å². The zero-order valence-corrected chi connectivity index (χ0v) is 9.89. The smallest absolute Gasteiger partial charge is 0.270 e. The van der Waals surface area contributed by atoms with Crippen molar-refractivity contribution in [3.8, 4) is 0 Å². The van der Waals surface area contributed by atoms with Crippen molar-refractivity contribution in [2.24, 2.45) is 0 Å². The van der Waals surface area contributed by atoms with Crippen LogP contribution in [-0.4, -0.2) is 28.1 Å². The maximum absolute atomic E-state index is 12.0. The minimum atomic E-state index is -0.398. The average molecular weight is 242 g/mol. The second kappa shape index (κ2) is 4.07. The maximum Gasteiger partial charge on any atom is 0.270 e. The number of amides is 1. The van der Waals surface area contributed by atoms with Gasteiger partial charge in [0.1, 0.15) is 5.69 Å². The van der Waals surface area contributed by atoms with E-state index in [2.05, 4.69) is 10.3 Å². The summed E-state index contributed by atoms with van der Waals surface area (Å²) >= 11 is 0. The Morgan fingerprint density at radius 2 is 2.06 bits per heavy atom. The maximum atomic E-state index is 12.0. The molecule has 1 aromatic carbocycles. The Morgan fingerprint density at radius 1 is 1.28 bits per heavy atom. The van der Waals surface area contributed by atoms with Gasteiger partial charge >= 0.3 is 0 Å². The predicted octanol–water partition coefficient (Wildman–Crippen LogP) is 1.49. The van der Waals surface area contributed by atoms with E-state index in [0.29, 0.717) is 5.69 Å². The minimum absolute atomic E-state index is 0.00762. The van der Waals surface area contributed by atoms with E-state index in [4.69, 9.17) is 0 Å². The lowest BCUT2D eigenvalue weighted by Crippen LogP contribution is -2.39. The number of benzene rings is 1. The molecule has 0 bridgehead atoms. The van der Waals surface area contributed by atoms with Crippen molar-refractivity contribution < 1.29 is 9.90 Å². The van der Waals surface area contributed by atoms with Crippen molar-refractivity contribution in [3.05, 3.63) is 42.1 Å². The molecule has 1 heterocycles. The van der Waals surface area contributed by atoms with Gasteiger partial charge in [-0.1, -0.05) is 24.3 Å². The Balaban J connectivity index is 1.87. The van der Waals surface area contributed by atoms with E-state index in [1.165, 1.54) is 0 Å². The molecule has 1 saturated carbocycles. The van der Waals surface area contributed by atoms with Crippen LogP contribution >= 0.6 is 0 Å². The van der Waals surface area contributed by atoms with E-state index in [0.717, 1.165) is 23.7 Å². The van der Waals surface area contributed by atoms with Crippen LogP contribution in [0, 0.1) is 0 Å². The lowest BCUT2D eigenvalue weighted by atomic mass is 10.2. The number of para-hydroxylation sites is 1. The third-order valence-electron chi connectivity index (χ3n) is 3.37. The van der Waals surface area contributed by atoms with E-state index in [-0.39, 0.29) is 12.5 Å². The van der Waals surface area contributed by atoms with Crippen molar-refractivity contribution in [2.75, 3.05) is 6.61 Å². The molecule has 2 N–H and O–H groups in total. The van der Waals surface area contributed by atoms with Crippen LogP contribution in [0.4, 0.5) is 0 Å². The molecule has 0 saturated heterocycles. The Bertz CT molecular complexity index is 606. The number of aliphatic hydroxyl groups excluding tert-OH is 1. The Kier molecular flexibility index (Phi) is 2.52. The molecule has 1 amide bonds. The van der Waals surface area contributed by atoms with Gasteiger partial charge in [-0.15, -0.1) is 0 Å². The molecule has 0 aliphatic heterocycles. The quantitative estimate of drug-likeness (QED) is 0.857. The van der Waals surface area contributed by atoms with Crippen molar-refractivity contribution in [3.63, 3.8) is 0 Å². The zero-order valence-electron chi connectivity index (χ0n) is 9.89. The summed E-state index contributed by atoms with van der Waals surface area (Å²) in [5, 5.41) is 13.0. The van der Waals surface area contributed by atoms with E-state index >= 15 is 0 Å². The summed E-state index contributed by atoms with van der Waals surface area (Å²) in [6, 6.07) is 11.3. The van der Waals surface area contributed by atoms with Gasteiger partial charge in [0.15, 0.2) is 0 Å². The molecule has 0 atom stereocenters. The first-order valence-electron chi connectivity index (χ1n) is 6.02. The van der Waals surface area contributed by atoms with Gasteiger partial charge in [0.2, 0.25) is 0 Å². The number of nitrogens with one attached hydrogen (secondary N) is 1. The van der Waals surface area contributed by atoms with Gasteiger partial charge in [0, 0.05) is 5.39 Å². The molecule has 92 valence electrons. The molecule has 4 nitrogen and oxygen atoms in total. The first-order valence-corrected chi connectivity index (χ1v) is 6.02. The fourth-order valence-corrected chi connectivity index (χ4v) is 1.97. The standard InChI is InChI=1S/C14H14N2O2/c17-9-14(7-8-14)16-13(18)12-6-5-10-3-1-2-4-11(10)15-12/h1-6,17H,7-9H2,(H,16,18). The summed E-state index contributed by atoms with van der Waals surface area (Å²) in [5.41, 5.74) is 0.803. The van der Waals surface area contributed by atoms with Gasteiger partial charge in [-0.3, -0.25) is 4.79 Å². The predicted molar refractivity (Wildman–Crippen MR) is 68.3 cm³/mol. The molecule has 0 spiro atoms. The lowest BCUT2D eigenvalue weighted by Gasteiger charge is -2.13. The second-order valence-electron chi connectivity index (χ2n) is 4.78. The van der Waals surface area contributed by atoms with Gasteiger partial charge in [-0.2, -0.15) is 0 Å². The highest BCUT2D eigenvalue weighted by atomic mass is 16.3. The summed E-state index contributed by atoms with van der Waals surface area (Å²) in [6.45, 7) is -0.00762. The van der Waals surface area contributed by atoms with Gasteiger partial charge in [0.25, 0.3) is 5.91 Å². The Morgan fingerprint density at radius 3 is 2.78 bits per heavy atom. The fraction of sp³-hybridized carbons (Fsp3) is 0.286. The molecule has 18 heavy (non-hydrogen) atoms. The van der Waals surface area contributed by atoms with E-state index in [1.54, 1.807) is 6.07 Å². The van der Waals surface area contributed by atoms with Crippen LogP contribution in [0.25, 0.3) is 10.9 Å². The molecule has 1 fully saturated rings. The highest BCUT2D eigenvalue weighted by Gasteiger charge is 2.43. The Hall–Kier alpha value is -1.94. The Labute approximate surface area is 105 Å². The fourth-order valence-electron chi connectivity index (χ4n) is 1.97. The van der Waals surface area contributed by atoms with Gasteiger partial charge < -0.3 is 10.4 Å². The molecule has 1 aliphatic carbocycles. The summed E-state index contributed by atoms with van der Waals surface area (Å²) in [6.07, 6.45) is 1.67. The molecule has 0 radical (unpaired) electrons. The van der Waals surface area contributed by atoms with Gasteiger partial charge in [-0.05, 0) is 25.0 Å². The number of rotatable bonds is 3. The molecule has 3 rings (SSSR count). The summed E-state index contributed by atoms with van der Waals surface area (Å²) < 4.78 is 0. The van der Waals surface area contributed by atoms with Crippen molar-refractivity contribution in [2.45, 2.75) is 18.4 Å². The average Bonchev–Trinajstić information content (AvgIpc) is 3.18. The molecule has 0 unspecified atom stereocenters. The second-order valence-corrected chi connectivity index (χ2v) is 4.78. The summed E-state index contributed by atoms with van der Waals surface area (Å²) in [5.74, 6) is -0.215. The highest BCUT2D eigenvalue weighted by Crippen LogP contribution is 2.34. The third-order valence-corrected chi connectivity index (χ3v) is 3.37. The molecule has 1 aliphatic rings. The van der Waals surface area contributed by atoms with E-state index < -0.39 is 5.54 Å². The minimum Gasteiger partial charge on any atom is -0.394 e. The number of aliphatic hydroxyl groups is 1. The monoisotopic (exact) mass is 242 g/mol. The molecular formula is C14H14N2O2. The van der Waals surface area contributed by atoms with E-state index in [1.807, 2.05) is 30.3 Å². The number of pyridine rings is 1. The normalized spacial score (nSPS) is 16.5. The van der Waals surface area contributed by atoms with Crippen LogP contribution in [0.3, 0.4) is 0 Å². The summed E-state index contributed by atoms with van der Waals surface area (Å²) in [7, 11) is 0. The highest BCUT2D eigenvalue weighted by molar-refractivity contribution is 5.95. The molecule has 2 aromatic rings. The van der Waals surface area contributed by atoms with Gasteiger partial charge in [-0.25, -0.2) is 4.98 Å². The lowest BCUT2D eigenvalue weighted by molar-refractivity contribution is 0.0902. The first kappa shape index (κ1) is 11.2. The van der Waals surface area contributed by atoms with Crippen LogP contribution in [0.1, 0.15) is 23.3 Å². The van der Waals surface area contributed by atoms with Crippen LogP contribution in [0.5, 0.6) is 0 Å². The number of carbonyl (C=O) groups excluding carboxylic acids is 1. The molecular weight excluding hydrogens is 228 g/mol. The SMILES string of the molecule is O=C(NC1(CO)CC1)c1ccc2ccccc2n1. The number of hydrogen-bond acceptors (Lipinski definition) is 3. The summed E-state index contributed by atoms with van der Waals surface area (Å²) in [4.78, 5) is 16.3.